The molecule has 4 heteroatoms. The fraction of sp³-hybridized carbons (Fsp3) is 0. The van der Waals surface area contributed by atoms with Crippen LogP contribution in [0.15, 0.2) is 57.7 Å². The van der Waals surface area contributed by atoms with Crippen molar-refractivity contribution in [2.45, 2.75) is 0 Å². The average Bonchev–Trinajstić information content (AvgIpc) is 2.39. The minimum Gasteiger partial charge on any atom is -0.508 e. The summed E-state index contributed by atoms with van der Waals surface area (Å²) in [5, 5.41) is 10.4. The second kappa shape index (κ2) is 4.44. The number of aromatic hydroxyl groups is 1. The minimum absolute atomic E-state index is 0.122. The molecule has 1 heterocycles. The van der Waals surface area contributed by atoms with Crippen LogP contribution in [0.4, 0.5) is 0 Å². The number of benzene rings is 2. The first-order valence-corrected chi connectivity index (χ1v) is 6.04. The molecule has 3 aromatic rings. The van der Waals surface area contributed by atoms with Gasteiger partial charge in [0.1, 0.15) is 17.1 Å². The van der Waals surface area contributed by atoms with Crippen LogP contribution in [0.3, 0.4) is 0 Å². The van der Waals surface area contributed by atoms with Crippen molar-refractivity contribution in [1.29, 1.82) is 0 Å². The van der Waals surface area contributed by atoms with E-state index >= 15 is 0 Å². The summed E-state index contributed by atoms with van der Waals surface area (Å²) in [6, 6.07) is 12.9. The Morgan fingerprint density at radius 1 is 1.05 bits per heavy atom. The number of hydrogen-bond donors (Lipinski definition) is 1. The van der Waals surface area contributed by atoms with Crippen LogP contribution in [0.1, 0.15) is 0 Å². The zero-order valence-electron chi connectivity index (χ0n) is 9.76. The maximum atomic E-state index is 12.0. The molecular weight excluding hydrogens is 264 g/mol. The van der Waals surface area contributed by atoms with Gasteiger partial charge in [-0.05, 0) is 30.3 Å². The quantitative estimate of drug-likeness (QED) is 0.733. The van der Waals surface area contributed by atoms with Crippen LogP contribution in [0.5, 0.6) is 5.75 Å². The molecule has 0 aliphatic rings. The van der Waals surface area contributed by atoms with E-state index in [9.17, 15) is 9.90 Å². The monoisotopic (exact) mass is 272 g/mol. The molecule has 2 aromatic carbocycles. The Kier molecular flexibility index (Phi) is 2.76. The molecule has 0 radical (unpaired) electrons. The molecule has 0 atom stereocenters. The van der Waals surface area contributed by atoms with E-state index in [4.69, 9.17) is 16.0 Å². The van der Waals surface area contributed by atoms with Crippen LogP contribution in [0, 0.1) is 0 Å². The third-order valence-electron chi connectivity index (χ3n) is 2.82. The van der Waals surface area contributed by atoms with Crippen molar-refractivity contribution in [2.75, 3.05) is 0 Å². The summed E-state index contributed by atoms with van der Waals surface area (Å²) in [5.74, 6) is 0.534. The van der Waals surface area contributed by atoms with Crippen LogP contribution in [-0.4, -0.2) is 5.11 Å². The number of fused-ring (bicyclic) bond motifs is 1. The van der Waals surface area contributed by atoms with Gasteiger partial charge in [0.25, 0.3) is 0 Å². The van der Waals surface area contributed by atoms with Crippen molar-refractivity contribution in [3.63, 3.8) is 0 Å². The van der Waals surface area contributed by atoms with Crippen LogP contribution >= 0.6 is 11.6 Å². The molecule has 0 fully saturated rings. The lowest BCUT2D eigenvalue weighted by molar-refractivity contribution is 0.475. The summed E-state index contributed by atoms with van der Waals surface area (Å²) in [6.45, 7) is 0. The summed E-state index contributed by atoms with van der Waals surface area (Å²) >= 11 is 5.85. The van der Waals surface area contributed by atoms with Crippen LogP contribution in [-0.2, 0) is 0 Å². The van der Waals surface area contributed by atoms with Gasteiger partial charge in [-0.1, -0.05) is 23.7 Å². The molecule has 0 aliphatic carbocycles. The first-order chi connectivity index (χ1) is 9.13. The molecule has 0 amide bonds. The Morgan fingerprint density at radius 3 is 2.68 bits per heavy atom. The van der Waals surface area contributed by atoms with Crippen LogP contribution in [0.2, 0.25) is 5.02 Å². The van der Waals surface area contributed by atoms with Crippen molar-refractivity contribution >= 4 is 22.6 Å². The Labute approximate surface area is 113 Å². The fourth-order valence-corrected chi connectivity index (χ4v) is 2.10. The molecule has 3 nitrogen and oxygen atoms in total. The van der Waals surface area contributed by atoms with Crippen molar-refractivity contribution < 1.29 is 9.52 Å². The van der Waals surface area contributed by atoms with E-state index < -0.39 is 0 Å². The van der Waals surface area contributed by atoms with E-state index in [1.165, 1.54) is 6.07 Å². The smallest absolute Gasteiger partial charge is 0.193 e. The predicted octanol–water partition coefficient (Wildman–Crippen LogP) is 3.82. The van der Waals surface area contributed by atoms with Gasteiger partial charge < -0.3 is 9.52 Å². The summed E-state index contributed by atoms with van der Waals surface area (Å²) in [6.07, 6.45) is 0. The van der Waals surface area contributed by atoms with Crippen molar-refractivity contribution in [3.05, 3.63) is 63.8 Å². The SMILES string of the molecule is O=c1cc(-c2cccc(O)c2)oc2ccc(Cl)cc12. The normalized spacial score (nSPS) is 10.8. The molecule has 0 unspecified atom stereocenters. The Bertz CT molecular complexity index is 821. The molecule has 0 aliphatic heterocycles. The van der Waals surface area contributed by atoms with Gasteiger partial charge in [-0.2, -0.15) is 0 Å². The predicted molar refractivity (Wildman–Crippen MR) is 74.6 cm³/mol. The molecule has 94 valence electrons. The Hall–Kier alpha value is -2.26. The lowest BCUT2D eigenvalue weighted by atomic mass is 10.1. The van der Waals surface area contributed by atoms with E-state index in [0.717, 1.165) is 0 Å². The molecule has 1 aromatic heterocycles. The first-order valence-electron chi connectivity index (χ1n) is 5.66. The van der Waals surface area contributed by atoms with Gasteiger partial charge >= 0.3 is 0 Å². The van der Waals surface area contributed by atoms with Crippen molar-refractivity contribution in [3.8, 4) is 17.1 Å². The van der Waals surface area contributed by atoms with Gasteiger partial charge in [0.05, 0.1) is 5.39 Å². The molecule has 0 saturated heterocycles. The lowest BCUT2D eigenvalue weighted by Crippen LogP contribution is -2.00. The highest BCUT2D eigenvalue weighted by molar-refractivity contribution is 6.31. The van der Waals surface area contributed by atoms with E-state index in [1.807, 2.05) is 0 Å². The summed E-state index contributed by atoms with van der Waals surface area (Å²) in [4.78, 5) is 12.0. The van der Waals surface area contributed by atoms with E-state index in [0.29, 0.717) is 27.3 Å². The standard InChI is InChI=1S/C15H9ClO3/c16-10-4-5-14-12(7-10)13(18)8-15(19-14)9-2-1-3-11(17)6-9/h1-8,17H. The topological polar surface area (TPSA) is 50.4 Å². The molecule has 19 heavy (non-hydrogen) atoms. The van der Waals surface area contributed by atoms with Gasteiger partial charge in [-0.3, -0.25) is 4.79 Å². The average molecular weight is 273 g/mol. The highest BCUT2D eigenvalue weighted by Crippen LogP contribution is 2.25. The van der Waals surface area contributed by atoms with Crippen molar-refractivity contribution in [2.24, 2.45) is 0 Å². The maximum Gasteiger partial charge on any atom is 0.193 e. The number of halogens is 1. The number of rotatable bonds is 1. The van der Waals surface area contributed by atoms with E-state index in [1.54, 1.807) is 42.5 Å². The Morgan fingerprint density at radius 2 is 1.89 bits per heavy atom. The number of hydrogen-bond acceptors (Lipinski definition) is 3. The third kappa shape index (κ3) is 2.20. The van der Waals surface area contributed by atoms with Gasteiger partial charge in [-0.25, -0.2) is 0 Å². The van der Waals surface area contributed by atoms with Gasteiger partial charge in [0, 0.05) is 16.7 Å². The second-order valence-electron chi connectivity index (χ2n) is 4.17. The van der Waals surface area contributed by atoms with E-state index in [-0.39, 0.29) is 11.2 Å². The summed E-state index contributed by atoms with van der Waals surface area (Å²) < 4.78 is 5.67. The van der Waals surface area contributed by atoms with Crippen LogP contribution in [0.25, 0.3) is 22.3 Å². The first kappa shape index (κ1) is 11.8. The summed E-state index contributed by atoms with van der Waals surface area (Å²) in [7, 11) is 0. The minimum atomic E-state index is -0.165. The lowest BCUT2D eigenvalue weighted by Gasteiger charge is -2.03. The highest BCUT2D eigenvalue weighted by atomic mass is 35.5. The zero-order valence-corrected chi connectivity index (χ0v) is 10.5. The maximum absolute atomic E-state index is 12.0. The largest absolute Gasteiger partial charge is 0.508 e. The molecule has 3 rings (SSSR count). The Balaban J connectivity index is 2.27. The number of phenolic OH excluding ortho intramolecular Hbond substituents is 1. The second-order valence-corrected chi connectivity index (χ2v) is 4.60. The summed E-state index contributed by atoms with van der Waals surface area (Å²) in [5.41, 5.74) is 0.950. The van der Waals surface area contributed by atoms with Gasteiger partial charge in [0.2, 0.25) is 0 Å². The molecular formula is C15H9ClO3. The van der Waals surface area contributed by atoms with E-state index in [2.05, 4.69) is 0 Å². The van der Waals surface area contributed by atoms with Gasteiger partial charge in [-0.15, -0.1) is 0 Å². The molecule has 1 N–H and O–H groups in total. The zero-order chi connectivity index (χ0) is 13.4. The molecule has 0 bridgehead atoms. The van der Waals surface area contributed by atoms with Crippen molar-refractivity contribution in [1.82, 2.24) is 0 Å². The third-order valence-corrected chi connectivity index (χ3v) is 3.05. The van der Waals surface area contributed by atoms with Crippen LogP contribution < -0.4 is 5.43 Å². The molecule has 0 saturated carbocycles. The highest BCUT2D eigenvalue weighted by Gasteiger charge is 2.07. The fourth-order valence-electron chi connectivity index (χ4n) is 1.93. The number of phenols is 1. The molecule has 0 spiro atoms. The van der Waals surface area contributed by atoms with Gasteiger partial charge in [0.15, 0.2) is 5.43 Å².